The fourth-order valence-electron chi connectivity index (χ4n) is 0. The molecule has 2 nitrogen and oxygen atoms in total. The van der Waals surface area contributed by atoms with Crippen LogP contribution in [0.25, 0.3) is 0 Å². The van der Waals surface area contributed by atoms with E-state index in [-0.39, 0.29) is 23.4 Å². The van der Waals surface area contributed by atoms with Crippen molar-refractivity contribution in [2.75, 3.05) is 0 Å². The molecule has 0 aromatic carbocycles. The van der Waals surface area contributed by atoms with E-state index < -0.39 is 15.2 Å². The molecule has 7 heavy (non-hydrogen) atoms. The fraction of sp³-hybridized carbons (Fsp3) is 0. The van der Waals surface area contributed by atoms with Gasteiger partial charge in [0.05, 0.1) is 0 Å². The van der Waals surface area contributed by atoms with Crippen LogP contribution in [0.4, 0.5) is 0 Å². The minimum absolute atomic E-state index is 0. The van der Waals surface area contributed by atoms with E-state index in [9.17, 15) is 0 Å². The second kappa shape index (κ2) is 15.7. The zero-order valence-corrected chi connectivity index (χ0v) is 8.09. The summed E-state index contributed by atoms with van der Waals surface area (Å²) in [6.07, 6.45) is 0. The van der Waals surface area contributed by atoms with E-state index in [1.807, 2.05) is 0 Å². The first-order valence-corrected chi connectivity index (χ1v) is 8.40. The molecule has 0 radical (unpaired) electrons. The van der Waals surface area contributed by atoms with E-state index in [0.717, 1.165) is 0 Å². The fourth-order valence-corrected chi connectivity index (χ4v) is 0. The van der Waals surface area contributed by atoms with Crippen molar-refractivity contribution in [1.82, 2.24) is 0 Å². The van der Waals surface area contributed by atoms with Gasteiger partial charge in [0, 0.05) is 0 Å². The second-order valence-corrected chi connectivity index (χ2v) is 9.52. The molecule has 0 saturated carbocycles. The van der Waals surface area contributed by atoms with Gasteiger partial charge in [-0.1, -0.05) is 0 Å². The first-order valence-electron chi connectivity index (χ1n) is 0.342. The van der Waals surface area contributed by atoms with Crippen LogP contribution < -0.4 is 0 Å². The summed E-state index contributed by atoms with van der Waals surface area (Å²) in [6, 6.07) is 0. The zero-order chi connectivity index (χ0) is 3.58. The molecule has 0 unspecified atom stereocenters. The van der Waals surface area contributed by atoms with E-state index in [0.29, 0.717) is 0 Å². The van der Waals surface area contributed by atoms with Gasteiger partial charge in [0.1, 0.15) is 0 Å². The van der Waals surface area contributed by atoms with E-state index in [2.05, 4.69) is 0 Å². The SMILES string of the molecule is Cl.O.O.[Cl][Au]([Cl])[Cl]. The Morgan fingerprint density at radius 3 is 0.857 bits per heavy atom. The van der Waals surface area contributed by atoms with Crippen LogP contribution in [0.1, 0.15) is 0 Å². The molecule has 0 atom stereocenters. The summed E-state index contributed by atoms with van der Waals surface area (Å²) in [4.78, 5) is 0. The number of hydrogen-bond donors (Lipinski definition) is 0. The molecular formula is H5AuCl4O2. The average molecular weight is 376 g/mol. The first-order chi connectivity index (χ1) is 1.73. The molecule has 0 aliphatic carbocycles. The summed E-state index contributed by atoms with van der Waals surface area (Å²) >= 11 is -1.79. The Bertz CT molecular complexity index is 14.4. The molecule has 0 rings (SSSR count). The third kappa shape index (κ3) is 80.0. The van der Waals surface area contributed by atoms with Crippen molar-refractivity contribution in [2.45, 2.75) is 0 Å². The third-order valence-electron chi connectivity index (χ3n) is 0. The van der Waals surface area contributed by atoms with Crippen molar-refractivity contribution in [2.24, 2.45) is 0 Å². The minimum atomic E-state index is -1.79. The van der Waals surface area contributed by atoms with Crippen LogP contribution in [-0.4, -0.2) is 11.0 Å². The standard InChI is InChI=1S/Au.4ClH.2H2O/h;4*1H;2*1H2/q+3;;;;;;/p-3. The van der Waals surface area contributed by atoms with E-state index in [1.54, 1.807) is 0 Å². The van der Waals surface area contributed by atoms with Crippen LogP contribution >= 0.6 is 40.0 Å². The molecule has 56 valence electrons. The summed E-state index contributed by atoms with van der Waals surface area (Å²) in [5, 5.41) is 0. The van der Waals surface area contributed by atoms with E-state index in [4.69, 9.17) is 27.6 Å². The van der Waals surface area contributed by atoms with Crippen LogP contribution in [0.3, 0.4) is 0 Å². The maximum absolute atomic E-state index is 4.95. The zero-order valence-electron chi connectivity index (χ0n) is 2.84. The molecule has 0 aromatic rings. The molecular weight excluding hydrogens is 371 g/mol. The van der Waals surface area contributed by atoms with Crippen molar-refractivity contribution in [3.63, 3.8) is 0 Å². The van der Waals surface area contributed by atoms with Crippen LogP contribution in [0, 0.1) is 0 Å². The molecule has 0 saturated heterocycles. The van der Waals surface area contributed by atoms with Crippen LogP contribution in [0.2, 0.25) is 0 Å². The van der Waals surface area contributed by atoms with Crippen molar-refractivity contribution in [3.05, 3.63) is 0 Å². The Morgan fingerprint density at radius 1 is 0.857 bits per heavy atom. The average Bonchev–Trinajstić information content (AvgIpc) is 0.811. The van der Waals surface area contributed by atoms with Gasteiger partial charge < -0.3 is 11.0 Å². The van der Waals surface area contributed by atoms with Gasteiger partial charge in [0.15, 0.2) is 0 Å². The molecule has 0 heterocycles. The van der Waals surface area contributed by atoms with Gasteiger partial charge in [-0.25, -0.2) is 0 Å². The Morgan fingerprint density at radius 2 is 0.857 bits per heavy atom. The van der Waals surface area contributed by atoms with Gasteiger partial charge in [0.2, 0.25) is 0 Å². The Labute approximate surface area is 65.7 Å². The normalized spacial score (nSPS) is 6.43. The molecule has 0 amide bonds. The van der Waals surface area contributed by atoms with Gasteiger partial charge in [-0.05, 0) is 0 Å². The summed E-state index contributed by atoms with van der Waals surface area (Å²) in [5.41, 5.74) is 0. The van der Waals surface area contributed by atoms with Crippen LogP contribution in [0.5, 0.6) is 0 Å². The molecule has 7 heteroatoms. The van der Waals surface area contributed by atoms with Gasteiger partial charge in [-0.2, -0.15) is 0 Å². The van der Waals surface area contributed by atoms with Crippen molar-refractivity contribution >= 4 is 40.0 Å². The number of hydrogen-bond acceptors (Lipinski definition) is 0. The monoisotopic (exact) mass is 374 g/mol. The van der Waals surface area contributed by atoms with Crippen LogP contribution in [0.15, 0.2) is 0 Å². The number of rotatable bonds is 0. The molecule has 4 N–H and O–H groups in total. The summed E-state index contributed by atoms with van der Waals surface area (Å²) in [6.45, 7) is 0. The predicted molar refractivity (Wildman–Crippen MR) is 32.0 cm³/mol. The quantitative estimate of drug-likeness (QED) is 0.563. The Hall–Kier alpha value is 1.82. The molecule has 0 fully saturated rings. The maximum atomic E-state index is 4.95. The molecule has 0 aromatic heterocycles. The Kier molecular flexibility index (Phi) is 51.9. The van der Waals surface area contributed by atoms with Crippen molar-refractivity contribution < 1.29 is 26.2 Å². The van der Waals surface area contributed by atoms with E-state index >= 15 is 0 Å². The van der Waals surface area contributed by atoms with Gasteiger partial charge in [-0.15, -0.1) is 12.4 Å². The summed E-state index contributed by atoms with van der Waals surface area (Å²) in [7, 11) is 14.9. The van der Waals surface area contributed by atoms with E-state index in [1.165, 1.54) is 0 Å². The van der Waals surface area contributed by atoms with Gasteiger partial charge in [0.25, 0.3) is 0 Å². The summed E-state index contributed by atoms with van der Waals surface area (Å²) in [5.74, 6) is 0. The molecule has 0 bridgehead atoms. The first kappa shape index (κ1) is 23.2. The van der Waals surface area contributed by atoms with Crippen LogP contribution in [-0.2, 0) is 15.2 Å². The van der Waals surface area contributed by atoms with Gasteiger partial charge in [-0.3, -0.25) is 0 Å². The third-order valence-corrected chi connectivity index (χ3v) is 0. The molecule has 0 aliphatic heterocycles. The van der Waals surface area contributed by atoms with Crippen molar-refractivity contribution in [1.29, 1.82) is 0 Å². The summed E-state index contributed by atoms with van der Waals surface area (Å²) < 4.78 is 0. The molecule has 0 spiro atoms. The molecule has 0 aliphatic rings. The second-order valence-electron chi connectivity index (χ2n) is 0.129. The predicted octanol–water partition coefficient (Wildman–Crippen LogP) is 0.838. The van der Waals surface area contributed by atoms with Gasteiger partial charge >= 0.3 is 42.8 Å². The topological polar surface area (TPSA) is 63.0 Å². The number of halogens is 4. The van der Waals surface area contributed by atoms with Crippen molar-refractivity contribution in [3.8, 4) is 0 Å². The Balaban J connectivity index is -0.0000000150.